The highest BCUT2D eigenvalue weighted by atomic mass is 35.5. The summed E-state index contributed by atoms with van der Waals surface area (Å²) in [6, 6.07) is 7.27. The Morgan fingerprint density at radius 3 is 2.69 bits per heavy atom. The lowest BCUT2D eigenvalue weighted by molar-refractivity contribution is 0.101. The molecule has 1 fully saturated rings. The zero-order chi connectivity index (χ0) is 20.4. The number of nitrogens with zero attached hydrogens (tertiary/aromatic N) is 3. The molecule has 0 N–H and O–H groups in total. The van der Waals surface area contributed by atoms with Gasteiger partial charge in [0, 0.05) is 22.1 Å². The van der Waals surface area contributed by atoms with Crippen LogP contribution in [0.2, 0.25) is 5.02 Å². The molecular weight excluding hydrogens is 426 g/mol. The predicted molar refractivity (Wildman–Crippen MR) is 116 cm³/mol. The molecule has 1 aliphatic rings. The van der Waals surface area contributed by atoms with Crippen molar-refractivity contribution in [2.75, 3.05) is 0 Å². The van der Waals surface area contributed by atoms with E-state index >= 15 is 0 Å². The van der Waals surface area contributed by atoms with Gasteiger partial charge in [0.1, 0.15) is 28.2 Å². The first-order chi connectivity index (χ1) is 14.0. The highest BCUT2D eigenvalue weighted by Gasteiger charge is 2.28. The van der Waals surface area contributed by atoms with E-state index in [1.54, 1.807) is 42.2 Å². The molecule has 3 aromatic rings. The first-order valence-corrected chi connectivity index (χ1v) is 11.6. The summed E-state index contributed by atoms with van der Waals surface area (Å²) in [7, 11) is 0. The lowest BCUT2D eigenvalue weighted by Crippen LogP contribution is -2.07. The third kappa shape index (κ3) is 5.15. The summed E-state index contributed by atoms with van der Waals surface area (Å²) in [6.07, 6.45) is 2.26. The molecule has 0 unspecified atom stereocenters. The normalized spacial score (nSPS) is 13.5. The maximum Gasteiger partial charge on any atom is 0.164 e. The Morgan fingerprint density at radius 1 is 1.24 bits per heavy atom. The second-order valence-corrected chi connectivity index (χ2v) is 9.28. The van der Waals surface area contributed by atoms with Gasteiger partial charge >= 0.3 is 0 Å². The SMILES string of the molecule is CC(=O)c1c(C)nc(C2CC2)nc1SCc1csc(COc2ccc(Cl)cc2)n1. The van der Waals surface area contributed by atoms with Crippen LogP contribution in [0.25, 0.3) is 0 Å². The number of hydrogen-bond acceptors (Lipinski definition) is 7. The molecule has 2 aromatic heterocycles. The van der Waals surface area contributed by atoms with Crippen LogP contribution in [0, 0.1) is 6.92 Å². The van der Waals surface area contributed by atoms with Crippen molar-refractivity contribution >= 4 is 40.5 Å². The zero-order valence-corrected chi connectivity index (χ0v) is 18.5. The topological polar surface area (TPSA) is 65.0 Å². The van der Waals surface area contributed by atoms with Crippen LogP contribution in [0.3, 0.4) is 0 Å². The van der Waals surface area contributed by atoms with Crippen molar-refractivity contribution < 1.29 is 9.53 Å². The molecule has 0 bridgehead atoms. The number of carbonyl (C=O) groups excluding carboxylic acids is 1. The Hall–Kier alpha value is -1.96. The molecule has 1 aromatic carbocycles. The van der Waals surface area contributed by atoms with Gasteiger partial charge in [-0.25, -0.2) is 15.0 Å². The molecule has 0 saturated heterocycles. The first kappa shape index (κ1) is 20.3. The van der Waals surface area contributed by atoms with Crippen LogP contribution >= 0.6 is 34.7 Å². The molecule has 1 aliphatic carbocycles. The number of aryl methyl sites for hydroxylation is 1. The van der Waals surface area contributed by atoms with Crippen LogP contribution in [0.4, 0.5) is 0 Å². The Kier molecular flexibility index (Phi) is 6.18. The second-order valence-electron chi connectivity index (χ2n) is 6.94. The monoisotopic (exact) mass is 445 g/mol. The highest BCUT2D eigenvalue weighted by molar-refractivity contribution is 7.98. The first-order valence-electron chi connectivity index (χ1n) is 9.33. The van der Waals surface area contributed by atoms with Gasteiger partial charge in [0.2, 0.25) is 0 Å². The van der Waals surface area contributed by atoms with E-state index in [1.807, 2.05) is 24.4 Å². The van der Waals surface area contributed by atoms with E-state index in [9.17, 15) is 4.79 Å². The van der Waals surface area contributed by atoms with Crippen LogP contribution in [-0.2, 0) is 12.4 Å². The van der Waals surface area contributed by atoms with Crippen molar-refractivity contribution in [2.24, 2.45) is 0 Å². The van der Waals surface area contributed by atoms with Gasteiger partial charge in [0.25, 0.3) is 0 Å². The molecule has 0 spiro atoms. The molecule has 2 heterocycles. The Bertz CT molecular complexity index is 1030. The summed E-state index contributed by atoms with van der Waals surface area (Å²) in [6.45, 7) is 3.87. The fourth-order valence-corrected chi connectivity index (χ4v) is 4.86. The summed E-state index contributed by atoms with van der Waals surface area (Å²) in [5, 5.41) is 4.37. The van der Waals surface area contributed by atoms with Gasteiger partial charge in [-0.2, -0.15) is 0 Å². The van der Waals surface area contributed by atoms with Crippen LogP contribution in [0.1, 0.15) is 58.3 Å². The van der Waals surface area contributed by atoms with E-state index in [0.717, 1.165) is 45.8 Å². The molecule has 0 atom stereocenters. The number of ether oxygens (including phenoxy) is 1. The lowest BCUT2D eigenvalue weighted by atomic mass is 10.2. The second kappa shape index (κ2) is 8.81. The lowest BCUT2D eigenvalue weighted by Gasteiger charge is -2.10. The smallest absolute Gasteiger partial charge is 0.164 e. The summed E-state index contributed by atoms with van der Waals surface area (Å²) in [4.78, 5) is 26.0. The fourth-order valence-electron chi connectivity index (χ4n) is 2.90. The number of thioether (sulfide) groups is 1. The summed E-state index contributed by atoms with van der Waals surface area (Å²) in [5.74, 6) is 2.73. The highest BCUT2D eigenvalue weighted by Crippen LogP contribution is 2.39. The predicted octanol–water partition coefficient (Wildman–Crippen LogP) is 5.85. The third-order valence-corrected chi connectivity index (χ3v) is 6.63. The molecule has 0 aliphatic heterocycles. The molecule has 29 heavy (non-hydrogen) atoms. The van der Waals surface area contributed by atoms with Crippen molar-refractivity contribution in [3.63, 3.8) is 0 Å². The van der Waals surface area contributed by atoms with Gasteiger partial charge in [-0.15, -0.1) is 11.3 Å². The number of halogens is 1. The van der Waals surface area contributed by atoms with Crippen molar-refractivity contribution in [1.82, 2.24) is 15.0 Å². The number of rotatable bonds is 8. The van der Waals surface area contributed by atoms with E-state index in [4.69, 9.17) is 21.3 Å². The van der Waals surface area contributed by atoms with Crippen LogP contribution in [0.5, 0.6) is 5.75 Å². The van der Waals surface area contributed by atoms with Gasteiger partial charge in [-0.1, -0.05) is 23.4 Å². The third-order valence-electron chi connectivity index (χ3n) is 4.50. The minimum atomic E-state index is 0.00248. The van der Waals surface area contributed by atoms with Crippen LogP contribution in [-0.4, -0.2) is 20.7 Å². The Labute approximate surface area is 182 Å². The van der Waals surface area contributed by atoms with E-state index in [0.29, 0.717) is 28.9 Å². The number of hydrogen-bond donors (Lipinski definition) is 0. The maximum atomic E-state index is 12.1. The molecule has 8 heteroatoms. The van der Waals surface area contributed by atoms with Crippen molar-refractivity contribution in [3.8, 4) is 5.75 Å². The standard InChI is InChI=1S/C21H20ClN3O2S2/c1-12-19(13(2)26)21(25-20(23-12)14-3-4-14)29-11-16-10-28-18(24-16)9-27-17-7-5-15(22)6-8-17/h5-8,10,14H,3-4,9,11H2,1-2H3. The van der Waals surface area contributed by atoms with Crippen LogP contribution < -0.4 is 4.74 Å². The molecule has 1 saturated carbocycles. The zero-order valence-electron chi connectivity index (χ0n) is 16.1. The summed E-state index contributed by atoms with van der Waals surface area (Å²) < 4.78 is 5.76. The number of Topliss-reactive ketones (excluding diaryl/α,β-unsaturated/α-hetero) is 1. The van der Waals surface area contributed by atoms with Gasteiger partial charge < -0.3 is 4.74 Å². The van der Waals surface area contributed by atoms with Gasteiger partial charge in [-0.05, 0) is 51.0 Å². The van der Waals surface area contributed by atoms with Crippen molar-refractivity contribution in [2.45, 2.75) is 50.0 Å². The average Bonchev–Trinajstić information content (AvgIpc) is 3.44. The van der Waals surface area contributed by atoms with Gasteiger partial charge in [0.05, 0.1) is 17.0 Å². The van der Waals surface area contributed by atoms with Crippen LogP contribution in [0.15, 0.2) is 34.7 Å². The van der Waals surface area contributed by atoms with Gasteiger partial charge in [-0.3, -0.25) is 4.79 Å². The molecular formula is C21H20ClN3O2S2. The minimum Gasteiger partial charge on any atom is -0.486 e. The van der Waals surface area contributed by atoms with E-state index in [2.05, 4.69) is 9.97 Å². The molecule has 0 radical (unpaired) electrons. The number of benzene rings is 1. The summed E-state index contributed by atoms with van der Waals surface area (Å²) in [5.41, 5.74) is 2.35. The van der Waals surface area contributed by atoms with Crippen molar-refractivity contribution in [1.29, 1.82) is 0 Å². The van der Waals surface area contributed by atoms with E-state index in [-0.39, 0.29) is 5.78 Å². The average molecular weight is 446 g/mol. The number of thiazole rings is 1. The maximum absolute atomic E-state index is 12.1. The largest absolute Gasteiger partial charge is 0.486 e. The van der Waals surface area contributed by atoms with E-state index in [1.165, 1.54) is 0 Å². The molecule has 5 nitrogen and oxygen atoms in total. The van der Waals surface area contributed by atoms with Gasteiger partial charge in [0.15, 0.2) is 5.78 Å². The Balaban J connectivity index is 1.41. The number of carbonyl (C=O) groups is 1. The quantitative estimate of drug-likeness (QED) is 0.246. The van der Waals surface area contributed by atoms with E-state index < -0.39 is 0 Å². The fraction of sp³-hybridized carbons (Fsp3) is 0.333. The Morgan fingerprint density at radius 2 is 2.00 bits per heavy atom. The molecule has 4 rings (SSSR count). The minimum absolute atomic E-state index is 0.00248. The molecule has 150 valence electrons. The van der Waals surface area contributed by atoms with Crippen molar-refractivity contribution in [3.05, 3.63) is 62.5 Å². The number of ketones is 1. The number of aromatic nitrogens is 3. The molecule has 0 amide bonds. The summed E-state index contributed by atoms with van der Waals surface area (Å²) >= 11 is 9.00.